The van der Waals surface area contributed by atoms with E-state index in [1.807, 2.05) is 55.6 Å². The first kappa shape index (κ1) is 14.6. The zero-order valence-electron chi connectivity index (χ0n) is 11.8. The van der Waals surface area contributed by atoms with Crippen LogP contribution >= 0.6 is 11.3 Å². The van der Waals surface area contributed by atoms with Gasteiger partial charge in [-0.3, -0.25) is 4.79 Å². The van der Waals surface area contributed by atoms with Crippen LogP contribution in [0.5, 0.6) is 5.75 Å². The van der Waals surface area contributed by atoms with Crippen molar-refractivity contribution >= 4 is 17.2 Å². The predicted molar refractivity (Wildman–Crippen MR) is 82.3 cm³/mol. The maximum absolute atomic E-state index is 11.8. The zero-order chi connectivity index (χ0) is 14.4. The number of ether oxygens (including phenoxy) is 1. The van der Waals surface area contributed by atoms with Gasteiger partial charge < -0.3 is 10.1 Å². The zero-order valence-corrected chi connectivity index (χ0v) is 12.6. The lowest BCUT2D eigenvalue weighted by Crippen LogP contribution is -2.37. The molecule has 1 aromatic heterocycles. The van der Waals surface area contributed by atoms with Crippen LogP contribution in [0.25, 0.3) is 0 Å². The minimum atomic E-state index is -0.0120. The molecule has 0 radical (unpaired) electrons. The molecular weight excluding hydrogens is 270 g/mol. The van der Waals surface area contributed by atoms with Crippen molar-refractivity contribution in [2.45, 2.75) is 26.3 Å². The Labute approximate surface area is 123 Å². The van der Waals surface area contributed by atoms with Crippen LogP contribution in [0.2, 0.25) is 0 Å². The molecule has 0 bridgehead atoms. The van der Waals surface area contributed by atoms with Gasteiger partial charge in [-0.25, -0.2) is 0 Å². The smallest absolute Gasteiger partial charge is 0.225 e. The van der Waals surface area contributed by atoms with Crippen LogP contribution in [0.3, 0.4) is 0 Å². The third-order valence-electron chi connectivity index (χ3n) is 2.90. The van der Waals surface area contributed by atoms with E-state index in [0.29, 0.717) is 13.0 Å². The normalized spacial score (nSPS) is 11.9. The molecule has 1 aromatic carbocycles. The first-order valence-electron chi connectivity index (χ1n) is 6.65. The van der Waals surface area contributed by atoms with Crippen molar-refractivity contribution in [2.75, 3.05) is 6.61 Å². The van der Waals surface area contributed by atoms with Gasteiger partial charge in [0.1, 0.15) is 12.4 Å². The van der Waals surface area contributed by atoms with Crippen LogP contribution in [0, 0.1) is 6.92 Å². The number of amides is 1. The van der Waals surface area contributed by atoms with Crippen LogP contribution in [0.15, 0.2) is 41.8 Å². The van der Waals surface area contributed by atoms with Gasteiger partial charge in [0.05, 0.1) is 12.5 Å². The summed E-state index contributed by atoms with van der Waals surface area (Å²) in [5.41, 5.74) is 1.10. The highest BCUT2D eigenvalue weighted by molar-refractivity contribution is 7.10. The molecule has 3 nitrogen and oxygen atoms in total. The van der Waals surface area contributed by atoms with Gasteiger partial charge in [-0.2, -0.15) is 0 Å². The lowest BCUT2D eigenvalue weighted by molar-refractivity contribution is -0.121. The number of carbonyl (C=O) groups is 1. The molecule has 106 valence electrons. The average molecular weight is 289 g/mol. The van der Waals surface area contributed by atoms with E-state index < -0.39 is 0 Å². The number of hydrogen-bond donors (Lipinski definition) is 1. The molecule has 1 N–H and O–H groups in total. The summed E-state index contributed by atoms with van der Waals surface area (Å²) in [4.78, 5) is 12.9. The van der Waals surface area contributed by atoms with E-state index >= 15 is 0 Å². The minimum Gasteiger partial charge on any atom is -0.491 e. The van der Waals surface area contributed by atoms with Crippen molar-refractivity contribution in [2.24, 2.45) is 0 Å². The molecule has 0 aliphatic carbocycles. The number of benzene rings is 1. The van der Waals surface area contributed by atoms with E-state index in [2.05, 4.69) is 5.32 Å². The molecule has 0 aliphatic heterocycles. The number of carbonyl (C=O) groups excluding carboxylic acids is 1. The fourth-order valence-electron chi connectivity index (χ4n) is 1.87. The number of thiophene rings is 1. The Kier molecular flexibility index (Phi) is 5.18. The number of nitrogens with one attached hydrogen (secondary N) is 1. The van der Waals surface area contributed by atoms with E-state index in [0.717, 1.165) is 16.2 Å². The Hall–Kier alpha value is -1.81. The number of aryl methyl sites for hydroxylation is 1. The first-order valence-corrected chi connectivity index (χ1v) is 7.53. The molecule has 2 rings (SSSR count). The van der Waals surface area contributed by atoms with Gasteiger partial charge in [-0.05, 0) is 36.9 Å². The molecule has 20 heavy (non-hydrogen) atoms. The molecule has 1 amide bonds. The second kappa shape index (κ2) is 7.10. The molecule has 0 unspecified atom stereocenters. The van der Waals surface area contributed by atoms with Crippen LogP contribution in [-0.2, 0) is 11.2 Å². The second-order valence-corrected chi connectivity index (χ2v) is 5.83. The molecule has 1 heterocycles. The van der Waals surface area contributed by atoms with Crippen molar-refractivity contribution in [3.8, 4) is 5.75 Å². The summed E-state index contributed by atoms with van der Waals surface area (Å²) in [5.74, 6) is 0.903. The van der Waals surface area contributed by atoms with Crippen molar-refractivity contribution in [3.05, 3.63) is 52.2 Å². The largest absolute Gasteiger partial charge is 0.491 e. The quantitative estimate of drug-likeness (QED) is 0.887. The molecule has 2 aromatic rings. The van der Waals surface area contributed by atoms with E-state index in [1.165, 1.54) is 0 Å². The summed E-state index contributed by atoms with van der Waals surface area (Å²) in [5, 5.41) is 4.93. The third-order valence-corrected chi connectivity index (χ3v) is 3.78. The second-order valence-electron chi connectivity index (χ2n) is 4.80. The number of para-hydroxylation sites is 1. The molecule has 0 spiro atoms. The highest BCUT2D eigenvalue weighted by Gasteiger charge is 2.09. The summed E-state index contributed by atoms with van der Waals surface area (Å²) >= 11 is 1.60. The minimum absolute atomic E-state index is 0.0120. The average Bonchev–Trinajstić information content (AvgIpc) is 2.90. The van der Waals surface area contributed by atoms with Crippen molar-refractivity contribution < 1.29 is 9.53 Å². The van der Waals surface area contributed by atoms with Gasteiger partial charge in [0.15, 0.2) is 0 Å². The van der Waals surface area contributed by atoms with Crippen LogP contribution in [-0.4, -0.2) is 18.6 Å². The van der Waals surface area contributed by atoms with E-state index in [9.17, 15) is 4.79 Å². The summed E-state index contributed by atoms with van der Waals surface area (Å²) in [6.07, 6.45) is 0.437. The maximum Gasteiger partial charge on any atom is 0.225 e. The Morgan fingerprint density at radius 2 is 2.10 bits per heavy atom. The highest BCUT2D eigenvalue weighted by Crippen LogP contribution is 2.16. The summed E-state index contributed by atoms with van der Waals surface area (Å²) in [6.45, 7) is 4.43. The van der Waals surface area contributed by atoms with Gasteiger partial charge in [-0.1, -0.05) is 24.3 Å². The van der Waals surface area contributed by atoms with Gasteiger partial charge in [0, 0.05) is 4.88 Å². The summed E-state index contributed by atoms with van der Waals surface area (Å²) in [6, 6.07) is 11.8. The molecule has 0 fully saturated rings. The van der Waals surface area contributed by atoms with Crippen molar-refractivity contribution in [1.29, 1.82) is 0 Å². The first-order chi connectivity index (χ1) is 9.65. The number of rotatable bonds is 6. The molecule has 4 heteroatoms. The fraction of sp³-hybridized carbons (Fsp3) is 0.312. The lowest BCUT2D eigenvalue weighted by atomic mass is 10.2. The van der Waals surface area contributed by atoms with Gasteiger partial charge in [0.25, 0.3) is 0 Å². The Morgan fingerprint density at radius 1 is 1.30 bits per heavy atom. The van der Waals surface area contributed by atoms with E-state index in [-0.39, 0.29) is 11.9 Å². The van der Waals surface area contributed by atoms with Gasteiger partial charge in [-0.15, -0.1) is 11.3 Å². The van der Waals surface area contributed by atoms with E-state index in [1.54, 1.807) is 11.3 Å². The SMILES string of the molecule is Cc1ccccc1OC[C@@H](C)NC(=O)Cc1cccs1. The standard InChI is InChI=1S/C16H19NO2S/c1-12-6-3-4-8-15(12)19-11-13(2)17-16(18)10-14-7-5-9-20-14/h3-9,13H,10-11H2,1-2H3,(H,17,18)/t13-/m1/s1. The third kappa shape index (κ3) is 4.38. The molecule has 0 saturated carbocycles. The fourth-order valence-corrected chi connectivity index (χ4v) is 2.58. The predicted octanol–water partition coefficient (Wildman–Crippen LogP) is 3.18. The molecule has 0 saturated heterocycles. The molecule has 1 atom stereocenters. The highest BCUT2D eigenvalue weighted by atomic mass is 32.1. The number of hydrogen-bond acceptors (Lipinski definition) is 3. The Morgan fingerprint density at radius 3 is 2.80 bits per heavy atom. The van der Waals surface area contributed by atoms with Crippen LogP contribution in [0.4, 0.5) is 0 Å². The van der Waals surface area contributed by atoms with Gasteiger partial charge >= 0.3 is 0 Å². The monoisotopic (exact) mass is 289 g/mol. The van der Waals surface area contributed by atoms with Gasteiger partial charge in [0.2, 0.25) is 5.91 Å². The summed E-state index contributed by atoms with van der Waals surface area (Å²) < 4.78 is 5.72. The van der Waals surface area contributed by atoms with Crippen LogP contribution < -0.4 is 10.1 Å². The lowest BCUT2D eigenvalue weighted by Gasteiger charge is -2.16. The van der Waals surface area contributed by atoms with E-state index in [4.69, 9.17) is 4.74 Å². The van der Waals surface area contributed by atoms with Crippen LogP contribution in [0.1, 0.15) is 17.4 Å². The molecule has 0 aliphatic rings. The maximum atomic E-state index is 11.8. The summed E-state index contributed by atoms with van der Waals surface area (Å²) in [7, 11) is 0. The van der Waals surface area contributed by atoms with Crippen molar-refractivity contribution in [3.63, 3.8) is 0 Å². The topological polar surface area (TPSA) is 38.3 Å². The Bertz CT molecular complexity index is 551. The Balaban J connectivity index is 1.76. The molecular formula is C16H19NO2S. The van der Waals surface area contributed by atoms with Crippen molar-refractivity contribution in [1.82, 2.24) is 5.32 Å².